The molecule has 2 aromatic rings. The summed E-state index contributed by atoms with van der Waals surface area (Å²) in [4.78, 5) is 2.35. The number of hydrogen-bond acceptors (Lipinski definition) is 3. The molecule has 110 valence electrons. The van der Waals surface area contributed by atoms with Gasteiger partial charge in [-0.25, -0.2) is 0 Å². The van der Waals surface area contributed by atoms with Crippen molar-refractivity contribution in [2.24, 2.45) is 0 Å². The Kier molecular flexibility index (Phi) is 3.84. The molecule has 0 saturated carbocycles. The largest absolute Gasteiger partial charge is 0.504 e. The molecule has 0 radical (unpaired) electrons. The molecule has 0 aromatic heterocycles. The summed E-state index contributed by atoms with van der Waals surface area (Å²) in [5, 5.41) is 10.2. The zero-order valence-corrected chi connectivity index (χ0v) is 12.5. The first-order chi connectivity index (χ1) is 10.2. The van der Waals surface area contributed by atoms with Gasteiger partial charge in [0.2, 0.25) is 0 Å². The first-order valence-electron chi connectivity index (χ1n) is 7.32. The van der Waals surface area contributed by atoms with Crippen LogP contribution in [0, 0.1) is 0 Å². The van der Waals surface area contributed by atoms with Gasteiger partial charge in [0, 0.05) is 19.0 Å². The van der Waals surface area contributed by atoms with Crippen molar-refractivity contribution in [1.29, 1.82) is 0 Å². The topological polar surface area (TPSA) is 32.7 Å². The molecule has 1 aliphatic rings. The minimum atomic E-state index is 0.224. The van der Waals surface area contributed by atoms with Crippen molar-refractivity contribution < 1.29 is 9.84 Å². The Morgan fingerprint density at radius 3 is 2.67 bits per heavy atom. The molecule has 1 aliphatic heterocycles. The van der Waals surface area contributed by atoms with Crippen LogP contribution >= 0.6 is 0 Å². The minimum absolute atomic E-state index is 0.224. The lowest BCUT2D eigenvalue weighted by Gasteiger charge is -2.22. The third-order valence-corrected chi connectivity index (χ3v) is 4.28. The third kappa shape index (κ3) is 2.74. The zero-order valence-electron chi connectivity index (χ0n) is 12.5. The molecular weight excluding hydrogens is 262 g/mol. The van der Waals surface area contributed by atoms with E-state index in [1.54, 1.807) is 7.11 Å². The Morgan fingerprint density at radius 2 is 1.95 bits per heavy atom. The fourth-order valence-electron chi connectivity index (χ4n) is 3.11. The predicted octanol–water partition coefficient (Wildman–Crippen LogP) is 3.02. The number of benzene rings is 2. The summed E-state index contributed by atoms with van der Waals surface area (Å²) < 4.78 is 5.26. The minimum Gasteiger partial charge on any atom is -0.504 e. The number of phenolic OH excluding ortho intramolecular Hbond substituents is 1. The number of methoxy groups -OCH3 is 1. The van der Waals surface area contributed by atoms with Crippen LogP contribution < -0.4 is 4.74 Å². The molecule has 2 aromatic carbocycles. The lowest BCUT2D eigenvalue weighted by Crippen LogP contribution is -2.24. The van der Waals surface area contributed by atoms with E-state index in [2.05, 4.69) is 36.2 Å². The molecule has 3 rings (SSSR count). The van der Waals surface area contributed by atoms with Crippen molar-refractivity contribution in [3.63, 3.8) is 0 Å². The number of nitrogens with zero attached hydrogens (tertiary/aromatic N) is 1. The summed E-state index contributed by atoms with van der Waals surface area (Å²) in [6, 6.07) is 14.4. The molecule has 0 spiro atoms. The van der Waals surface area contributed by atoms with Gasteiger partial charge in [-0.15, -0.1) is 0 Å². The van der Waals surface area contributed by atoms with E-state index in [4.69, 9.17) is 4.74 Å². The number of fused-ring (bicyclic) bond motifs is 1. The normalized spacial score (nSPS) is 18.9. The van der Waals surface area contributed by atoms with E-state index < -0.39 is 0 Å². The maximum atomic E-state index is 10.2. The molecule has 0 saturated heterocycles. The number of hydrogen-bond donors (Lipinski definition) is 1. The molecular formula is C18H21NO2. The second kappa shape index (κ2) is 5.78. The van der Waals surface area contributed by atoms with E-state index in [9.17, 15) is 5.11 Å². The summed E-state index contributed by atoms with van der Waals surface area (Å²) in [7, 11) is 3.75. The van der Waals surface area contributed by atoms with Crippen LogP contribution in [0.5, 0.6) is 11.5 Å². The Morgan fingerprint density at radius 1 is 1.19 bits per heavy atom. The van der Waals surface area contributed by atoms with Gasteiger partial charge in [-0.05, 0) is 42.3 Å². The van der Waals surface area contributed by atoms with E-state index >= 15 is 0 Å². The van der Waals surface area contributed by atoms with Gasteiger partial charge >= 0.3 is 0 Å². The van der Waals surface area contributed by atoms with Crippen molar-refractivity contribution >= 4 is 0 Å². The van der Waals surface area contributed by atoms with Crippen LogP contribution in [0.4, 0.5) is 0 Å². The van der Waals surface area contributed by atoms with Gasteiger partial charge in [0.15, 0.2) is 11.5 Å². The maximum Gasteiger partial charge on any atom is 0.160 e. The zero-order chi connectivity index (χ0) is 14.8. The molecule has 0 fully saturated rings. The summed E-state index contributed by atoms with van der Waals surface area (Å²) >= 11 is 0. The van der Waals surface area contributed by atoms with E-state index in [0.717, 1.165) is 19.5 Å². The van der Waals surface area contributed by atoms with Crippen LogP contribution in [0.1, 0.15) is 22.6 Å². The van der Waals surface area contributed by atoms with Crippen LogP contribution in [0.15, 0.2) is 42.5 Å². The average molecular weight is 283 g/mol. The molecule has 3 nitrogen and oxygen atoms in total. The molecule has 0 aliphatic carbocycles. The fourth-order valence-corrected chi connectivity index (χ4v) is 3.11. The van der Waals surface area contributed by atoms with Gasteiger partial charge in [0.05, 0.1) is 7.11 Å². The lowest BCUT2D eigenvalue weighted by molar-refractivity contribution is 0.338. The number of phenols is 1. The first-order valence-corrected chi connectivity index (χ1v) is 7.32. The van der Waals surface area contributed by atoms with Crippen molar-refractivity contribution in [3.8, 4) is 11.5 Å². The van der Waals surface area contributed by atoms with E-state index in [1.165, 1.54) is 16.7 Å². The standard InChI is InChI=1S/C18H21NO2/c1-19-9-8-14-10-18(21-2)17(20)11-15(14)16(12-19)13-6-4-3-5-7-13/h3-7,10-11,16,20H,8-9,12H2,1-2H3. The second-order valence-electron chi connectivity index (χ2n) is 5.70. The Hall–Kier alpha value is -2.00. The first kappa shape index (κ1) is 14.0. The summed E-state index contributed by atoms with van der Waals surface area (Å²) in [6.45, 7) is 1.98. The highest BCUT2D eigenvalue weighted by atomic mass is 16.5. The quantitative estimate of drug-likeness (QED) is 0.919. The van der Waals surface area contributed by atoms with Crippen molar-refractivity contribution in [2.45, 2.75) is 12.3 Å². The predicted molar refractivity (Wildman–Crippen MR) is 84.1 cm³/mol. The summed E-state index contributed by atoms with van der Waals surface area (Å²) in [6.07, 6.45) is 0.978. The third-order valence-electron chi connectivity index (χ3n) is 4.28. The number of aromatic hydroxyl groups is 1. The Balaban J connectivity index is 2.11. The van der Waals surface area contributed by atoms with Crippen LogP contribution in [0.3, 0.4) is 0 Å². The van der Waals surface area contributed by atoms with Gasteiger partial charge in [0.1, 0.15) is 0 Å². The molecule has 0 amide bonds. The van der Waals surface area contributed by atoms with Crippen molar-refractivity contribution in [1.82, 2.24) is 4.90 Å². The van der Waals surface area contributed by atoms with Crippen LogP contribution in [0.25, 0.3) is 0 Å². The fraction of sp³-hybridized carbons (Fsp3) is 0.333. The van der Waals surface area contributed by atoms with E-state index in [1.807, 2.05) is 18.2 Å². The molecule has 1 N–H and O–H groups in total. The van der Waals surface area contributed by atoms with Gasteiger partial charge in [-0.2, -0.15) is 0 Å². The average Bonchev–Trinajstić information content (AvgIpc) is 2.67. The smallest absolute Gasteiger partial charge is 0.160 e. The van der Waals surface area contributed by atoms with Crippen molar-refractivity contribution in [2.75, 3.05) is 27.2 Å². The SMILES string of the molecule is COc1cc2c(cc1O)C(c1ccccc1)CN(C)CC2. The van der Waals surface area contributed by atoms with Crippen LogP contribution in [0.2, 0.25) is 0 Å². The molecule has 1 heterocycles. The highest BCUT2D eigenvalue weighted by Crippen LogP contribution is 2.37. The highest BCUT2D eigenvalue weighted by molar-refractivity contribution is 5.50. The number of likely N-dealkylation sites (N-methyl/N-ethyl adjacent to an activating group) is 1. The molecule has 1 atom stereocenters. The molecule has 21 heavy (non-hydrogen) atoms. The van der Waals surface area contributed by atoms with Gasteiger partial charge < -0.3 is 14.7 Å². The Labute approximate surface area is 125 Å². The number of ether oxygens (including phenoxy) is 1. The summed E-state index contributed by atoms with van der Waals surface area (Å²) in [5.74, 6) is 1.07. The number of rotatable bonds is 2. The van der Waals surface area contributed by atoms with Gasteiger partial charge in [-0.1, -0.05) is 30.3 Å². The maximum absolute atomic E-state index is 10.2. The van der Waals surface area contributed by atoms with E-state index in [-0.39, 0.29) is 11.7 Å². The van der Waals surface area contributed by atoms with Crippen LogP contribution in [-0.2, 0) is 6.42 Å². The highest BCUT2D eigenvalue weighted by Gasteiger charge is 2.24. The van der Waals surface area contributed by atoms with Gasteiger partial charge in [0.25, 0.3) is 0 Å². The van der Waals surface area contributed by atoms with Crippen LogP contribution in [-0.4, -0.2) is 37.3 Å². The van der Waals surface area contributed by atoms with E-state index in [0.29, 0.717) is 5.75 Å². The monoisotopic (exact) mass is 283 g/mol. The molecule has 1 unspecified atom stereocenters. The Bertz CT molecular complexity index is 625. The summed E-state index contributed by atoms with van der Waals surface area (Å²) in [5.41, 5.74) is 3.77. The second-order valence-corrected chi connectivity index (χ2v) is 5.70. The lowest BCUT2D eigenvalue weighted by atomic mass is 9.87. The molecule has 3 heteroatoms. The molecule has 0 bridgehead atoms. The van der Waals surface area contributed by atoms with Gasteiger partial charge in [-0.3, -0.25) is 0 Å². The van der Waals surface area contributed by atoms with Crippen molar-refractivity contribution in [3.05, 3.63) is 59.2 Å².